The molecule has 0 amide bonds. The predicted octanol–water partition coefficient (Wildman–Crippen LogP) is 6.66. The van der Waals surface area contributed by atoms with E-state index in [0.717, 1.165) is 16.7 Å². The van der Waals surface area contributed by atoms with Gasteiger partial charge >= 0.3 is 0 Å². The summed E-state index contributed by atoms with van der Waals surface area (Å²) in [5.74, 6) is 4.37. The van der Waals surface area contributed by atoms with Gasteiger partial charge in [0.15, 0.2) is 34.5 Å². The number of hydrogen-bond acceptors (Lipinski definition) is 9. The fourth-order valence-corrected chi connectivity index (χ4v) is 5.67. The second-order valence-electron chi connectivity index (χ2n) is 10.4. The molecule has 0 aliphatic carbocycles. The summed E-state index contributed by atoms with van der Waals surface area (Å²) in [4.78, 5) is 0. The Morgan fingerprint density at radius 3 is 1.90 bits per heavy atom. The van der Waals surface area contributed by atoms with Crippen LogP contribution in [-0.2, 0) is 14.2 Å². The molecule has 2 aliphatic heterocycles. The lowest BCUT2D eigenvalue weighted by molar-refractivity contribution is -0.150. The fraction of sp³-hybridized carbons (Fsp3) is 0.455. The van der Waals surface area contributed by atoms with Crippen LogP contribution < -0.4 is 28.4 Å². The van der Waals surface area contributed by atoms with E-state index in [0.29, 0.717) is 41.1 Å². The van der Waals surface area contributed by atoms with Crippen LogP contribution in [0.3, 0.4) is 0 Å². The van der Waals surface area contributed by atoms with Crippen molar-refractivity contribution < 1.29 is 42.6 Å². The van der Waals surface area contributed by atoms with Crippen molar-refractivity contribution >= 4 is 0 Å². The molecular weight excluding hydrogens is 540 g/mol. The lowest BCUT2D eigenvalue weighted by atomic mass is 9.85. The van der Waals surface area contributed by atoms with E-state index >= 15 is 0 Å². The molecule has 226 valence electrons. The highest BCUT2D eigenvalue weighted by Crippen LogP contribution is 2.51. The van der Waals surface area contributed by atoms with Gasteiger partial charge in [-0.05, 0) is 71.8 Å². The molecule has 5 rings (SSSR count). The minimum atomic E-state index is -0.749. The van der Waals surface area contributed by atoms with Crippen molar-refractivity contribution in [1.29, 1.82) is 0 Å². The van der Waals surface area contributed by atoms with Crippen LogP contribution in [0.5, 0.6) is 34.5 Å². The van der Waals surface area contributed by atoms with Gasteiger partial charge in [-0.15, -0.1) is 0 Å². The van der Waals surface area contributed by atoms with Crippen molar-refractivity contribution in [2.45, 2.75) is 45.4 Å². The molecule has 0 N–H and O–H groups in total. The normalized spacial score (nSPS) is 22.5. The first-order valence-electron chi connectivity index (χ1n) is 14.2. The van der Waals surface area contributed by atoms with E-state index in [1.54, 1.807) is 28.4 Å². The van der Waals surface area contributed by atoms with E-state index < -0.39 is 12.4 Å². The van der Waals surface area contributed by atoms with Crippen molar-refractivity contribution in [2.24, 2.45) is 11.8 Å². The highest BCUT2D eigenvalue weighted by molar-refractivity contribution is 5.47. The first kappa shape index (κ1) is 29.8. The van der Waals surface area contributed by atoms with Gasteiger partial charge in [-0.2, -0.15) is 0 Å². The third-order valence-corrected chi connectivity index (χ3v) is 8.12. The Morgan fingerprint density at radius 2 is 1.31 bits per heavy atom. The number of rotatable bonds is 12. The number of benzene rings is 3. The van der Waals surface area contributed by atoms with Crippen LogP contribution in [0.15, 0.2) is 54.6 Å². The van der Waals surface area contributed by atoms with Gasteiger partial charge in [-0.25, -0.2) is 0 Å². The summed E-state index contributed by atoms with van der Waals surface area (Å²) in [6.45, 7) is 7.03. The summed E-state index contributed by atoms with van der Waals surface area (Å²) in [5.41, 5.74) is 2.91. The summed E-state index contributed by atoms with van der Waals surface area (Å²) in [7, 11) is 6.49. The van der Waals surface area contributed by atoms with Crippen LogP contribution in [0.25, 0.3) is 0 Å². The van der Waals surface area contributed by atoms with Gasteiger partial charge in [0.2, 0.25) is 13.1 Å². The molecule has 2 unspecified atom stereocenters. The van der Waals surface area contributed by atoms with Crippen molar-refractivity contribution in [3.8, 4) is 34.5 Å². The molecule has 2 heterocycles. The molecule has 0 aromatic heterocycles. The lowest BCUT2D eigenvalue weighted by Gasteiger charge is -2.28. The number of hydrogen-bond donors (Lipinski definition) is 0. The summed E-state index contributed by atoms with van der Waals surface area (Å²) < 4.78 is 52.7. The minimum absolute atomic E-state index is 0.0988. The first-order chi connectivity index (χ1) is 20.4. The topological polar surface area (TPSA) is 83.1 Å². The van der Waals surface area contributed by atoms with E-state index in [4.69, 9.17) is 42.6 Å². The van der Waals surface area contributed by atoms with Gasteiger partial charge in [0.05, 0.1) is 33.5 Å². The summed E-state index contributed by atoms with van der Waals surface area (Å²) in [6, 6.07) is 17.5. The van der Waals surface area contributed by atoms with Crippen molar-refractivity contribution in [3.05, 3.63) is 71.3 Å². The van der Waals surface area contributed by atoms with E-state index in [2.05, 4.69) is 13.8 Å². The summed E-state index contributed by atoms with van der Waals surface area (Å²) in [6.07, 6.45) is -1.50. The third kappa shape index (κ3) is 5.82. The minimum Gasteiger partial charge on any atom is -0.493 e. The van der Waals surface area contributed by atoms with Gasteiger partial charge in [0, 0.05) is 13.7 Å². The fourth-order valence-electron chi connectivity index (χ4n) is 5.67. The maximum atomic E-state index is 6.68. The largest absolute Gasteiger partial charge is 0.493 e. The Morgan fingerprint density at radius 1 is 0.714 bits per heavy atom. The van der Waals surface area contributed by atoms with Crippen molar-refractivity contribution in [3.63, 3.8) is 0 Å². The van der Waals surface area contributed by atoms with Gasteiger partial charge in [-0.1, -0.05) is 32.0 Å². The Hall–Kier alpha value is -3.66. The second kappa shape index (κ2) is 13.1. The number of ether oxygens (including phenoxy) is 9. The van der Waals surface area contributed by atoms with E-state index in [1.807, 2.05) is 61.5 Å². The average molecular weight is 581 g/mol. The van der Waals surface area contributed by atoms with Gasteiger partial charge in [0.1, 0.15) is 6.10 Å². The zero-order chi connectivity index (χ0) is 29.8. The first-order valence-corrected chi connectivity index (χ1v) is 14.2. The Balaban J connectivity index is 1.37. The SMILES string of the molecule is CCOC(c1ccc2c(c1)OCO2)C(OC)Oc1ccc([C@H]2O[C@@H](c3ccc(OC)c(OC)c3)[C@@H](C)[C@H]2C)cc1OC. The molecular formula is C33H40O9. The summed E-state index contributed by atoms with van der Waals surface area (Å²) >= 11 is 0. The van der Waals surface area contributed by atoms with Crippen LogP contribution in [0, 0.1) is 11.8 Å². The van der Waals surface area contributed by atoms with E-state index in [-0.39, 0.29) is 30.8 Å². The Labute approximate surface area is 247 Å². The van der Waals surface area contributed by atoms with Crippen molar-refractivity contribution in [2.75, 3.05) is 41.8 Å². The molecule has 0 spiro atoms. The molecule has 1 fully saturated rings. The smallest absolute Gasteiger partial charge is 0.231 e. The standard InChI is InChI=1S/C33H40O9/c1-8-38-32(23-10-13-25-29(17-23)40-18-39-25)33(37-7)41-26-14-11-22(16-28(26)36-6)31-20(3)19(2)30(42-31)21-9-12-24(34-4)27(15-21)35-5/h9-17,19-20,30-33H,8,18H2,1-7H3/t19-,20+,30+,31-,32?,33?/m0/s1. The predicted molar refractivity (Wildman–Crippen MR) is 156 cm³/mol. The zero-order valence-electron chi connectivity index (χ0n) is 25.2. The van der Waals surface area contributed by atoms with Crippen LogP contribution in [-0.4, -0.2) is 48.1 Å². The third-order valence-electron chi connectivity index (χ3n) is 8.12. The monoisotopic (exact) mass is 580 g/mol. The average Bonchev–Trinajstić information content (AvgIpc) is 3.62. The van der Waals surface area contributed by atoms with E-state index in [1.165, 1.54) is 0 Å². The van der Waals surface area contributed by atoms with Crippen LogP contribution in [0.1, 0.15) is 55.8 Å². The molecule has 0 radical (unpaired) electrons. The maximum Gasteiger partial charge on any atom is 0.231 e. The quantitative estimate of drug-likeness (QED) is 0.219. The molecule has 1 saturated heterocycles. The van der Waals surface area contributed by atoms with Gasteiger partial charge in [-0.3, -0.25) is 0 Å². The molecule has 0 bridgehead atoms. The lowest BCUT2D eigenvalue weighted by Crippen LogP contribution is -2.29. The highest BCUT2D eigenvalue weighted by atomic mass is 16.7. The molecule has 42 heavy (non-hydrogen) atoms. The molecule has 2 aliphatic rings. The highest BCUT2D eigenvalue weighted by Gasteiger charge is 2.41. The second-order valence-corrected chi connectivity index (χ2v) is 10.4. The molecule has 6 atom stereocenters. The van der Waals surface area contributed by atoms with Crippen LogP contribution >= 0.6 is 0 Å². The van der Waals surface area contributed by atoms with Crippen molar-refractivity contribution in [1.82, 2.24) is 0 Å². The Bertz CT molecular complexity index is 1360. The van der Waals surface area contributed by atoms with Crippen LogP contribution in [0.4, 0.5) is 0 Å². The Kier molecular flexibility index (Phi) is 9.30. The maximum absolute atomic E-state index is 6.68. The molecule has 3 aromatic carbocycles. The van der Waals surface area contributed by atoms with Crippen LogP contribution in [0.2, 0.25) is 0 Å². The number of fused-ring (bicyclic) bond motifs is 1. The molecule has 9 nitrogen and oxygen atoms in total. The summed E-state index contributed by atoms with van der Waals surface area (Å²) in [5, 5.41) is 0. The number of methoxy groups -OCH3 is 4. The molecule has 9 heteroatoms. The molecule has 0 saturated carbocycles. The van der Waals surface area contributed by atoms with Gasteiger partial charge in [0.25, 0.3) is 0 Å². The molecule has 3 aromatic rings. The zero-order valence-corrected chi connectivity index (χ0v) is 25.2. The van der Waals surface area contributed by atoms with E-state index in [9.17, 15) is 0 Å². The van der Waals surface area contributed by atoms with Gasteiger partial charge < -0.3 is 42.6 Å².